The molecule has 1 aromatic heterocycles. The van der Waals surface area contributed by atoms with Crippen LogP contribution in [-0.4, -0.2) is 22.5 Å². The number of halogens is 1. The van der Waals surface area contributed by atoms with Gasteiger partial charge in [0.05, 0.1) is 12.2 Å². The molecule has 4 nitrogen and oxygen atoms in total. The number of nitrogens with zero attached hydrogens (tertiary/aromatic N) is 2. The van der Waals surface area contributed by atoms with Gasteiger partial charge in [-0.1, -0.05) is 24.6 Å². The lowest BCUT2D eigenvalue weighted by Gasteiger charge is -2.42. The number of hydrogen-bond acceptors (Lipinski definition) is 4. The van der Waals surface area contributed by atoms with E-state index in [0.717, 1.165) is 24.8 Å². The SMILES string of the molecule is CCOC(=O)c1cnc(CC2(c3ccccc3F)CCC2)nc1. The molecule has 0 saturated heterocycles. The van der Waals surface area contributed by atoms with Crippen molar-refractivity contribution in [3.63, 3.8) is 0 Å². The highest BCUT2D eigenvalue weighted by Gasteiger charge is 2.41. The Morgan fingerprint density at radius 1 is 1.26 bits per heavy atom. The minimum Gasteiger partial charge on any atom is -0.462 e. The highest BCUT2D eigenvalue weighted by Crippen LogP contribution is 2.46. The number of carbonyl (C=O) groups excluding carboxylic acids is 1. The van der Waals surface area contributed by atoms with Crippen LogP contribution in [0, 0.1) is 5.82 Å². The lowest BCUT2D eigenvalue weighted by Crippen LogP contribution is -2.38. The Bertz CT molecular complexity index is 696. The van der Waals surface area contributed by atoms with Crippen LogP contribution in [0.3, 0.4) is 0 Å². The fourth-order valence-corrected chi connectivity index (χ4v) is 3.10. The van der Waals surface area contributed by atoms with Crippen molar-refractivity contribution in [2.75, 3.05) is 6.61 Å². The Kier molecular flexibility index (Phi) is 4.37. The Morgan fingerprint density at radius 3 is 2.52 bits per heavy atom. The van der Waals surface area contributed by atoms with Gasteiger partial charge in [-0.3, -0.25) is 0 Å². The molecule has 1 aliphatic rings. The second-order valence-electron chi connectivity index (χ2n) is 5.90. The van der Waals surface area contributed by atoms with Crippen LogP contribution in [0.4, 0.5) is 4.39 Å². The third-order valence-corrected chi connectivity index (χ3v) is 4.47. The van der Waals surface area contributed by atoms with Crippen LogP contribution in [0.5, 0.6) is 0 Å². The van der Waals surface area contributed by atoms with Gasteiger partial charge >= 0.3 is 5.97 Å². The molecule has 0 unspecified atom stereocenters. The molecular formula is C18H19FN2O2. The number of rotatable bonds is 5. The zero-order valence-electron chi connectivity index (χ0n) is 13.1. The number of aromatic nitrogens is 2. The molecule has 0 N–H and O–H groups in total. The maximum absolute atomic E-state index is 14.2. The summed E-state index contributed by atoms with van der Waals surface area (Å²) in [7, 11) is 0. The standard InChI is InChI=1S/C18H19FN2O2/c1-2-23-17(22)13-11-20-16(21-12-13)10-18(8-5-9-18)14-6-3-4-7-15(14)19/h3-4,6-7,11-12H,2,5,8-10H2,1H3. The van der Waals surface area contributed by atoms with E-state index in [4.69, 9.17) is 4.74 Å². The van der Waals surface area contributed by atoms with Crippen LogP contribution in [0.2, 0.25) is 0 Å². The van der Waals surface area contributed by atoms with Crippen molar-refractivity contribution in [3.05, 3.63) is 59.4 Å². The molecule has 5 heteroatoms. The zero-order valence-corrected chi connectivity index (χ0v) is 13.1. The van der Waals surface area contributed by atoms with E-state index >= 15 is 0 Å². The normalized spacial score (nSPS) is 15.7. The van der Waals surface area contributed by atoms with Gasteiger partial charge in [0, 0.05) is 24.2 Å². The minimum absolute atomic E-state index is 0.171. The van der Waals surface area contributed by atoms with Gasteiger partial charge < -0.3 is 4.74 Å². The summed E-state index contributed by atoms with van der Waals surface area (Å²) in [6, 6.07) is 6.92. The molecule has 23 heavy (non-hydrogen) atoms. The van der Waals surface area contributed by atoms with E-state index in [9.17, 15) is 9.18 Å². The molecule has 0 aliphatic heterocycles. The third kappa shape index (κ3) is 3.09. The second-order valence-corrected chi connectivity index (χ2v) is 5.90. The molecule has 0 spiro atoms. The van der Waals surface area contributed by atoms with Crippen molar-refractivity contribution < 1.29 is 13.9 Å². The molecule has 0 radical (unpaired) electrons. The highest BCUT2D eigenvalue weighted by atomic mass is 19.1. The number of benzene rings is 1. The lowest BCUT2D eigenvalue weighted by atomic mass is 9.62. The van der Waals surface area contributed by atoms with Crippen LogP contribution >= 0.6 is 0 Å². The Hall–Kier alpha value is -2.30. The first kappa shape index (κ1) is 15.6. The van der Waals surface area contributed by atoms with Crippen molar-refractivity contribution in [1.82, 2.24) is 9.97 Å². The fourth-order valence-electron chi connectivity index (χ4n) is 3.10. The quantitative estimate of drug-likeness (QED) is 0.793. The van der Waals surface area contributed by atoms with E-state index in [-0.39, 0.29) is 11.2 Å². The molecule has 120 valence electrons. The van der Waals surface area contributed by atoms with Crippen LogP contribution < -0.4 is 0 Å². The highest BCUT2D eigenvalue weighted by molar-refractivity contribution is 5.88. The maximum Gasteiger partial charge on any atom is 0.341 e. The van der Waals surface area contributed by atoms with Gasteiger partial charge in [0.15, 0.2) is 0 Å². The zero-order chi connectivity index (χ0) is 16.3. The number of hydrogen-bond donors (Lipinski definition) is 0. The number of esters is 1. The number of ether oxygens (including phenoxy) is 1. The topological polar surface area (TPSA) is 52.1 Å². The summed E-state index contributed by atoms with van der Waals surface area (Å²) in [5.74, 6) is 0.0304. The maximum atomic E-state index is 14.2. The van der Waals surface area contributed by atoms with Crippen molar-refractivity contribution in [2.45, 2.75) is 38.0 Å². The number of carbonyl (C=O) groups is 1. The molecule has 0 atom stereocenters. The van der Waals surface area contributed by atoms with E-state index in [1.165, 1.54) is 18.5 Å². The summed E-state index contributed by atoms with van der Waals surface area (Å²) in [6.07, 6.45) is 6.47. The van der Waals surface area contributed by atoms with E-state index < -0.39 is 5.97 Å². The molecule has 1 fully saturated rings. The van der Waals surface area contributed by atoms with Gasteiger partial charge in [0.2, 0.25) is 0 Å². The molecule has 1 aliphatic carbocycles. The van der Waals surface area contributed by atoms with Gasteiger partial charge in [-0.15, -0.1) is 0 Å². The van der Waals surface area contributed by atoms with Crippen molar-refractivity contribution in [2.24, 2.45) is 0 Å². The Morgan fingerprint density at radius 2 is 1.96 bits per heavy atom. The molecule has 0 amide bonds. The minimum atomic E-state index is -0.425. The second kappa shape index (κ2) is 6.44. The molecule has 1 saturated carbocycles. The van der Waals surface area contributed by atoms with Crippen molar-refractivity contribution in [1.29, 1.82) is 0 Å². The largest absolute Gasteiger partial charge is 0.462 e. The predicted molar refractivity (Wildman–Crippen MR) is 83.6 cm³/mol. The van der Waals surface area contributed by atoms with Crippen molar-refractivity contribution >= 4 is 5.97 Å². The van der Waals surface area contributed by atoms with Crippen LogP contribution in [-0.2, 0) is 16.6 Å². The monoisotopic (exact) mass is 314 g/mol. The third-order valence-electron chi connectivity index (χ3n) is 4.47. The summed E-state index contributed by atoms with van der Waals surface area (Å²) in [4.78, 5) is 20.2. The molecule has 3 rings (SSSR count). The molecular weight excluding hydrogens is 295 g/mol. The Labute approximate surface area is 134 Å². The van der Waals surface area contributed by atoms with Gasteiger partial charge in [0.25, 0.3) is 0 Å². The van der Waals surface area contributed by atoms with Gasteiger partial charge in [-0.2, -0.15) is 0 Å². The Balaban J connectivity index is 1.80. The first-order valence-corrected chi connectivity index (χ1v) is 7.88. The van der Waals surface area contributed by atoms with Gasteiger partial charge in [0.1, 0.15) is 11.6 Å². The first-order chi connectivity index (χ1) is 11.1. The smallest absolute Gasteiger partial charge is 0.341 e. The van der Waals surface area contributed by atoms with Crippen LogP contribution in [0.1, 0.15) is 47.9 Å². The van der Waals surface area contributed by atoms with Gasteiger partial charge in [-0.25, -0.2) is 19.2 Å². The fraction of sp³-hybridized carbons (Fsp3) is 0.389. The molecule has 0 bridgehead atoms. The predicted octanol–water partition coefficient (Wildman–Crippen LogP) is 3.46. The van der Waals surface area contributed by atoms with E-state index in [0.29, 0.717) is 24.4 Å². The molecule has 1 aromatic carbocycles. The summed E-state index contributed by atoms with van der Waals surface area (Å²) in [6.45, 7) is 2.07. The van der Waals surface area contributed by atoms with E-state index in [1.54, 1.807) is 13.0 Å². The summed E-state index contributed by atoms with van der Waals surface area (Å²) in [5.41, 5.74) is 0.852. The summed E-state index contributed by atoms with van der Waals surface area (Å²) in [5, 5.41) is 0. The molecule has 2 aromatic rings. The average molecular weight is 314 g/mol. The van der Waals surface area contributed by atoms with Gasteiger partial charge in [-0.05, 0) is 31.4 Å². The van der Waals surface area contributed by atoms with E-state index in [2.05, 4.69) is 9.97 Å². The summed E-state index contributed by atoms with van der Waals surface area (Å²) >= 11 is 0. The average Bonchev–Trinajstić information content (AvgIpc) is 2.52. The van der Waals surface area contributed by atoms with E-state index in [1.807, 2.05) is 12.1 Å². The van der Waals surface area contributed by atoms with Crippen LogP contribution in [0.25, 0.3) is 0 Å². The van der Waals surface area contributed by atoms with Crippen molar-refractivity contribution in [3.8, 4) is 0 Å². The summed E-state index contributed by atoms with van der Waals surface area (Å²) < 4.78 is 19.1. The van der Waals surface area contributed by atoms with Crippen LogP contribution in [0.15, 0.2) is 36.7 Å². The first-order valence-electron chi connectivity index (χ1n) is 7.88. The molecule has 1 heterocycles. The lowest BCUT2D eigenvalue weighted by molar-refractivity contribution is 0.0525.